The topological polar surface area (TPSA) is 76.2 Å². The first kappa shape index (κ1) is 11.9. The second-order valence-corrected chi connectivity index (χ2v) is 4.67. The third-order valence-electron chi connectivity index (χ3n) is 2.61. The van der Waals surface area contributed by atoms with Crippen LogP contribution in [0.3, 0.4) is 0 Å². The van der Waals surface area contributed by atoms with Crippen molar-refractivity contribution in [2.24, 2.45) is 0 Å². The van der Waals surface area contributed by atoms with Crippen LogP contribution in [0, 0.1) is 0 Å². The molecule has 0 aliphatic carbocycles. The summed E-state index contributed by atoms with van der Waals surface area (Å²) in [6, 6.07) is 8.40. The van der Waals surface area contributed by atoms with E-state index in [1.54, 1.807) is 24.4 Å². The van der Waals surface area contributed by atoms with Gasteiger partial charge in [-0.05, 0) is 40.2 Å². The van der Waals surface area contributed by atoms with E-state index in [9.17, 15) is 4.79 Å². The van der Waals surface area contributed by atoms with Crippen molar-refractivity contribution in [3.63, 3.8) is 0 Å². The highest BCUT2D eigenvalue weighted by molar-refractivity contribution is 9.10. The predicted octanol–water partition coefficient (Wildman–Crippen LogP) is 3.35. The van der Waals surface area contributed by atoms with Gasteiger partial charge in [0, 0.05) is 10.7 Å². The number of carboxylic acids is 1. The molecule has 0 radical (unpaired) electrons. The van der Waals surface area contributed by atoms with Crippen LogP contribution in [0.4, 0.5) is 0 Å². The number of para-hydroxylation sites is 1. The van der Waals surface area contributed by atoms with Gasteiger partial charge >= 0.3 is 5.97 Å². The second kappa shape index (κ2) is 4.47. The maximum absolute atomic E-state index is 11.1. The lowest BCUT2D eigenvalue weighted by atomic mass is 10.2. The number of hydrogen-bond donors (Lipinski definition) is 1. The molecule has 0 saturated heterocycles. The highest BCUT2D eigenvalue weighted by Gasteiger charge is 2.17. The van der Waals surface area contributed by atoms with E-state index < -0.39 is 5.97 Å². The number of carbonyl (C=O) groups is 1. The monoisotopic (exact) mass is 318 g/mol. The Labute approximate surface area is 116 Å². The molecular weight excluding hydrogens is 312 g/mol. The molecule has 0 fully saturated rings. The summed E-state index contributed by atoms with van der Waals surface area (Å²) in [6.45, 7) is 0. The van der Waals surface area contributed by atoms with Crippen molar-refractivity contribution < 1.29 is 14.3 Å². The Kier molecular flexibility index (Phi) is 2.79. The molecule has 3 rings (SSSR count). The molecular formula is C13H7BrN2O3. The smallest absolute Gasteiger partial charge is 0.339 e. The molecule has 0 aliphatic rings. The van der Waals surface area contributed by atoms with Crippen LogP contribution in [0.2, 0.25) is 0 Å². The summed E-state index contributed by atoms with van der Waals surface area (Å²) in [7, 11) is 0. The largest absolute Gasteiger partial charge is 0.478 e. The van der Waals surface area contributed by atoms with Crippen LogP contribution < -0.4 is 0 Å². The Balaban J connectivity index is 2.26. The number of pyridine rings is 1. The zero-order chi connectivity index (χ0) is 13.4. The van der Waals surface area contributed by atoms with Gasteiger partial charge in [0.05, 0.1) is 0 Å². The maximum Gasteiger partial charge on any atom is 0.339 e. The summed E-state index contributed by atoms with van der Waals surface area (Å²) in [5, 5.41) is 9.10. The van der Waals surface area contributed by atoms with Crippen LogP contribution in [-0.4, -0.2) is 21.0 Å². The number of fused-ring (bicyclic) bond motifs is 1. The summed E-state index contributed by atoms with van der Waals surface area (Å²) in [4.78, 5) is 19.5. The van der Waals surface area contributed by atoms with Gasteiger partial charge in [-0.25, -0.2) is 14.8 Å². The molecule has 0 amide bonds. The van der Waals surface area contributed by atoms with Gasteiger partial charge in [-0.3, -0.25) is 0 Å². The zero-order valence-electron chi connectivity index (χ0n) is 9.50. The van der Waals surface area contributed by atoms with Crippen LogP contribution in [0.5, 0.6) is 0 Å². The highest BCUT2D eigenvalue weighted by atomic mass is 79.9. The number of hydrogen-bond acceptors (Lipinski definition) is 4. The standard InChI is InChI=1S/C13H7BrN2O3/c14-8-4-2-6-15-10(8)12-16-9-5-1-3-7(13(17)18)11(9)19-12/h1-6H,(H,17,18). The zero-order valence-corrected chi connectivity index (χ0v) is 11.1. The number of halogens is 1. The van der Waals surface area contributed by atoms with Crippen molar-refractivity contribution in [2.45, 2.75) is 0 Å². The van der Waals surface area contributed by atoms with Gasteiger partial charge in [-0.2, -0.15) is 0 Å². The molecule has 0 atom stereocenters. The fourth-order valence-corrected chi connectivity index (χ4v) is 2.19. The van der Waals surface area contributed by atoms with Gasteiger partial charge in [-0.1, -0.05) is 6.07 Å². The van der Waals surface area contributed by atoms with E-state index in [1.807, 2.05) is 6.07 Å². The third kappa shape index (κ3) is 2.00. The van der Waals surface area contributed by atoms with Gasteiger partial charge in [0.15, 0.2) is 5.58 Å². The van der Waals surface area contributed by atoms with E-state index in [0.29, 0.717) is 11.2 Å². The van der Waals surface area contributed by atoms with E-state index in [2.05, 4.69) is 25.9 Å². The molecule has 0 bridgehead atoms. The van der Waals surface area contributed by atoms with E-state index in [0.717, 1.165) is 4.47 Å². The maximum atomic E-state index is 11.1. The Morgan fingerprint density at radius 1 is 1.26 bits per heavy atom. The average Bonchev–Trinajstić information content (AvgIpc) is 2.82. The minimum Gasteiger partial charge on any atom is -0.478 e. The summed E-state index contributed by atoms with van der Waals surface area (Å²) < 4.78 is 6.28. The minimum atomic E-state index is -1.05. The number of oxazole rings is 1. The van der Waals surface area contributed by atoms with Crippen LogP contribution >= 0.6 is 15.9 Å². The van der Waals surface area contributed by atoms with Gasteiger partial charge in [0.2, 0.25) is 5.89 Å². The van der Waals surface area contributed by atoms with E-state index in [1.165, 1.54) is 6.07 Å². The van der Waals surface area contributed by atoms with Crippen molar-refractivity contribution in [2.75, 3.05) is 0 Å². The number of aromatic nitrogens is 2. The molecule has 5 nitrogen and oxygen atoms in total. The van der Waals surface area contributed by atoms with Crippen LogP contribution in [0.15, 0.2) is 45.4 Å². The summed E-state index contributed by atoms with van der Waals surface area (Å²) in [5.74, 6) is -0.760. The minimum absolute atomic E-state index is 0.0864. The molecule has 0 saturated carbocycles. The molecule has 0 unspecified atom stereocenters. The number of benzene rings is 1. The van der Waals surface area contributed by atoms with Crippen molar-refractivity contribution in [3.8, 4) is 11.6 Å². The average molecular weight is 319 g/mol. The Bertz CT molecular complexity index is 782. The number of carboxylic acid groups (broad SMARTS) is 1. The molecule has 0 spiro atoms. The Morgan fingerprint density at radius 2 is 2.11 bits per heavy atom. The fraction of sp³-hybridized carbons (Fsp3) is 0. The van der Waals surface area contributed by atoms with Crippen LogP contribution in [0.1, 0.15) is 10.4 Å². The number of rotatable bonds is 2. The lowest BCUT2D eigenvalue weighted by Crippen LogP contribution is -1.95. The fourth-order valence-electron chi connectivity index (χ4n) is 1.76. The van der Waals surface area contributed by atoms with E-state index in [4.69, 9.17) is 9.52 Å². The summed E-state index contributed by atoms with van der Waals surface area (Å²) >= 11 is 3.36. The van der Waals surface area contributed by atoms with Gasteiger partial charge in [-0.15, -0.1) is 0 Å². The number of nitrogens with zero attached hydrogens (tertiary/aromatic N) is 2. The Morgan fingerprint density at radius 3 is 2.84 bits per heavy atom. The van der Waals surface area contributed by atoms with Crippen molar-refractivity contribution in [1.82, 2.24) is 9.97 Å². The normalized spacial score (nSPS) is 10.8. The van der Waals surface area contributed by atoms with Crippen molar-refractivity contribution in [1.29, 1.82) is 0 Å². The SMILES string of the molecule is O=C(O)c1cccc2nc(-c3ncccc3Br)oc12. The second-order valence-electron chi connectivity index (χ2n) is 3.81. The molecule has 0 aliphatic heterocycles. The Hall–Kier alpha value is -2.21. The molecule has 6 heteroatoms. The molecule has 19 heavy (non-hydrogen) atoms. The summed E-state index contributed by atoms with van der Waals surface area (Å²) in [6.07, 6.45) is 1.62. The predicted molar refractivity (Wildman–Crippen MR) is 71.9 cm³/mol. The number of aromatic carboxylic acids is 1. The van der Waals surface area contributed by atoms with Crippen LogP contribution in [-0.2, 0) is 0 Å². The van der Waals surface area contributed by atoms with Gasteiger partial charge < -0.3 is 9.52 Å². The molecule has 2 heterocycles. The first-order chi connectivity index (χ1) is 9.16. The molecule has 1 aromatic carbocycles. The summed E-state index contributed by atoms with van der Waals surface area (Å²) in [5.41, 5.74) is 1.37. The molecule has 1 N–H and O–H groups in total. The quantitative estimate of drug-likeness (QED) is 0.784. The third-order valence-corrected chi connectivity index (χ3v) is 3.25. The van der Waals surface area contributed by atoms with E-state index in [-0.39, 0.29) is 17.0 Å². The first-order valence-corrected chi connectivity index (χ1v) is 6.20. The van der Waals surface area contributed by atoms with Crippen molar-refractivity contribution in [3.05, 3.63) is 46.6 Å². The molecule has 2 aromatic heterocycles. The van der Waals surface area contributed by atoms with Crippen LogP contribution in [0.25, 0.3) is 22.7 Å². The first-order valence-electron chi connectivity index (χ1n) is 5.40. The highest BCUT2D eigenvalue weighted by Crippen LogP contribution is 2.29. The lowest BCUT2D eigenvalue weighted by Gasteiger charge is -1.96. The molecule has 3 aromatic rings. The lowest BCUT2D eigenvalue weighted by molar-refractivity contribution is 0.0698. The van der Waals surface area contributed by atoms with Gasteiger partial charge in [0.25, 0.3) is 0 Å². The van der Waals surface area contributed by atoms with Crippen molar-refractivity contribution >= 4 is 33.0 Å². The van der Waals surface area contributed by atoms with Gasteiger partial charge in [0.1, 0.15) is 16.8 Å². The molecule has 94 valence electrons. The van der Waals surface area contributed by atoms with E-state index >= 15 is 0 Å².